The Hall–Kier alpha value is -2.67. The molecule has 7 heteroatoms. The molecule has 0 N–H and O–H groups in total. The third kappa shape index (κ3) is 3.88. The van der Waals surface area contributed by atoms with Gasteiger partial charge in [0.25, 0.3) is 0 Å². The summed E-state index contributed by atoms with van der Waals surface area (Å²) in [6, 6.07) is 13.6. The molecule has 140 valence electrons. The van der Waals surface area contributed by atoms with Gasteiger partial charge in [0, 0.05) is 43.5 Å². The molecule has 0 atom stereocenters. The first kappa shape index (κ1) is 17.7. The Bertz CT molecular complexity index is 928. The number of piperazine rings is 1. The predicted octanol–water partition coefficient (Wildman–Crippen LogP) is 3.97. The number of hydrogen-bond acceptors (Lipinski definition) is 4. The lowest BCUT2D eigenvalue weighted by Crippen LogP contribution is -2.46. The van der Waals surface area contributed by atoms with Gasteiger partial charge in [-0.3, -0.25) is 4.90 Å². The molecular formula is C20H19F3N4. The van der Waals surface area contributed by atoms with E-state index in [9.17, 15) is 13.2 Å². The van der Waals surface area contributed by atoms with Crippen LogP contribution < -0.4 is 4.90 Å². The zero-order chi connectivity index (χ0) is 18.9. The van der Waals surface area contributed by atoms with E-state index >= 15 is 0 Å². The molecule has 4 rings (SSSR count). The Morgan fingerprint density at radius 1 is 0.926 bits per heavy atom. The molecule has 4 nitrogen and oxygen atoms in total. The Morgan fingerprint density at radius 3 is 2.48 bits per heavy atom. The Morgan fingerprint density at radius 2 is 1.70 bits per heavy atom. The van der Waals surface area contributed by atoms with Crippen molar-refractivity contribution in [2.45, 2.75) is 12.7 Å². The summed E-state index contributed by atoms with van der Waals surface area (Å²) >= 11 is 0. The highest BCUT2D eigenvalue weighted by molar-refractivity contribution is 5.91. The maximum absolute atomic E-state index is 12.9. The van der Waals surface area contributed by atoms with Crippen molar-refractivity contribution in [1.29, 1.82) is 0 Å². The van der Waals surface area contributed by atoms with E-state index in [1.54, 1.807) is 12.3 Å². The van der Waals surface area contributed by atoms with Gasteiger partial charge in [-0.1, -0.05) is 42.5 Å². The van der Waals surface area contributed by atoms with Crippen molar-refractivity contribution in [2.24, 2.45) is 0 Å². The van der Waals surface area contributed by atoms with Gasteiger partial charge in [0.2, 0.25) is 0 Å². The van der Waals surface area contributed by atoms with Gasteiger partial charge >= 0.3 is 6.18 Å². The topological polar surface area (TPSA) is 32.3 Å². The SMILES string of the molecule is FC(F)(F)c1cccc(CN2CCN(c3nncc4ccccc34)CC2)c1. The molecule has 0 unspecified atom stereocenters. The number of alkyl halides is 3. The highest BCUT2D eigenvalue weighted by Gasteiger charge is 2.30. The molecule has 0 spiro atoms. The number of aromatic nitrogens is 2. The van der Waals surface area contributed by atoms with Crippen molar-refractivity contribution < 1.29 is 13.2 Å². The van der Waals surface area contributed by atoms with Gasteiger partial charge in [0.1, 0.15) is 0 Å². The van der Waals surface area contributed by atoms with Gasteiger partial charge in [0.15, 0.2) is 5.82 Å². The van der Waals surface area contributed by atoms with Crippen LogP contribution in [0, 0.1) is 0 Å². The Balaban J connectivity index is 1.44. The third-order valence-corrected chi connectivity index (χ3v) is 4.88. The van der Waals surface area contributed by atoms with Crippen LogP contribution in [0.4, 0.5) is 19.0 Å². The summed E-state index contributed by atoms with van der Waals surface area (Å²) in [7, 11) is 0. The minimum Gasteiger partial charge on any atom is -0.352 e. The predicted molar refractivity (Wildman–Crippen MR) is 98.5 cm³/mol. The van der Waals surface area contributed by atoms with Crippen molar-refractivity contribution in [1.82, 2.24) is 15.1 Å². The highest BCUT2D eigenvalue weighted by Crippen LogP contribution is 2.30. The van der Waals surface area contributed by atoms with Crippen molar-refractivity contribution in [3.05, 3.63) is 65.9 Å². The number of rotatable bonds is 3. The van der Waals surface area contributed by atoms with Gasteiger partial charge in [-0.2, -0.15) is 18.3 Å². The lowest BCUT2D eigenvalue weighted by molar-refractivity contribution is -0.137. The summed E-state index contributed by atoms with van der Waals surface area (Å²) < 4.78 is 38.6. The second kappa shape index (κ2) is 7.15. The Kier molecular flexibility index (Phi) is 4.70. The summed E-state index contributed by atoms with van der Waals surface area (Å²) in [6.07, 6.45) is -2.55. The van der Waals surface area contributed by atoms with Crippen LogP contribution in [0.3, 0.4) is 0 Å². The van der Waals surface area contributed by atoms with Gasteiger partial charge < -0.3 is 4.90 Å². The monoisotopic (exact) mass is 372 g/mol. The van der Waals surface area contributed by atoms with E-state index < -0.39 is 11.7 Å². The smallest absolute Gasteiger partial charge is 0.352 e. The minimum atomic E-state index is -4.30. The molecule has 2 aromatic carbocycles. The van der Waals surface area contributed by atoms with Crippen molar-refractivity contribution >= 4 is 16.6 Å². The number of anilines is 1. The fourth-order valence-electron chi connectivity index (χ4n) is 3.47. The molecular weight excluding hydrogens is 353 g/mol. The molecule has 0 aliphatic carbocycles. The normalized spacial score (nSPS) is 16.0. The number of fused-ring (bicyclic) bond motifs is 1. The molecule has 3 aromatic rings. The minimum absolute atomic E-state index is 0.513. The molecule has 0 bridgehead atoms. The van der Waals surface area contributed by atoms with E-state index in [4.69, 9.17) is 0 Å². The largest absolute Gasteiger partial charge is 0.416 e. The molecule has 1 aliphatic rings. The maximum Gasteiger partial charge on any atom is 0.416 e. The molecule has 0 amide bonds. The first-order valence-corrected chi connectivity index (χ1v) is 8.84. The summed E-state index contributed by atoms with van der Waals surface area (Å²) in [4.78, 5) is 4.36. The van der Waals surface area contributed by atoms with Crippen LogP contribution >= 0.6 is 0 Å². The first-order valence-electron chi connectivity index (χ1n) is 8.84. The molecule has 2 heterocycles. The van der Waals surface area contributed by atoms with E-state index in [1.165, 1.54) is 12.1 Å². The van der Waals surface area contributed by atoms with Crippen LogP contribution in [0.5, 0.6) is 0 Å². The standard InChI is InChI=1S/C20H19F3N4/c21-20(22,23)17-6-3-4-15(12-17)14-26-8-10-27(11-9-26)19-18-7-2-1-5-16(18)13-24-25-19/h1-7,12-13H,8-11,14H2. The van der Waals surface area contributed by atoms with Crippen LogP contribution in [0.1, 0.15) is 11.1 Å². The lowest BCUT2D eigenvalue weighted by atomic mass is 10.1. The number of hydrogen-bond donors (Lipinski definition) is 0. The third-order valence-electron chi connectivity index (χ3n) is 4.88. The van der Waals surface area contributed by atoms with Gasteiger partial charge in [-0.25, -0.2) is 0 Å². The molecule has 1 aliphatic heterocycles. The van der Waals surface area contributed by atoms with Crippen LogP contribution in [-0.4, -0.2) is 41.3 Å². The van der Waals surface area contributed by atoms with E-state index in [0.717, 1.165) is 48.8 Å². The summed E-state index contributed by atoms with van der Waals surface area (Å²) in [6.45, 7) is 3.57. The van der Waals surface area contributed by atoms with E-state index in [-0.39, 0.29) is 0 Å². The molecule has 1 fully saturated rings. The fourth-order valence-corrected chi connectivity index (χ4v) is 3.47. The molecule has 0 radical (unpaired) electrons. The lowest BCUT2D eigenvalue weighted by Gasteiger charge is -2.35. The molecule has 1 aromatic heterocycles. The second-order valence-corrected chi connectivity index (χ2v) is 6.72. The van der Waals surface area contributed by atoms with E-state index in [0.29, 0.717) is 12.1 Å². The van der Waals surface area contributed by atoms with Crippen molar-refractivity contribution in [2.75, 3.05) is 31.1 Å². The molecule has 0 saturated carbocycles. The number of benzene rings is 2. The number of nitrogens with zero attached hydrogens (tertiary/aromatic N) is 4. The van der Waals surface area contributed by atoms with Gasteiger partial charge in [-0.15, -0.1) is 5.10 Å². The Labute approximate surface area is 155 Å². The van der Waals surface area contributed by atoms with Crippen LogP contribution in [0.2, 0.25) is 0 Å². The van der Waals surface area contributed by atoms with Gasteiger partial charge in [0.05, 0.1) is 11.8 Å². The quantitative estimate of drug-likeness (QED) is 0.696. The van der Waals surface area contributed by atoms with E-state index in [1.807, 2.05) is 24.3 Å². The number of halogens is 3. The maximum atomic E-state index is 12.9. The van der Waals surface area contributed by atoms with Crippen molar-refractivity contribution in [3.63, 3.8) is 0 Å². The highest BCUT2D eigenvalue weighted by atomic mass is 19.4. The molecule has 27 heavy (non-hydrogen) atoms. The first-order chi connectivity index (χ1) is 13.0. The summed E-state index contributed by atoms with van der Waals surface area (Å²) in [5, 5.41) is 10.5. The average molecular weight is 372 g/mol. The second-order valence-electron chi connectivity index (χ2n) is 6.72. The zero-order valence-corrected chi connectivity index (χ0v) is 14.7. The zero-order valence-electron chi connectivity index (χ0n) is 14.7. The van der Waals surface area contributed by atoms with Crippen LogP contribution in [-0.2, 0) is 12.7 Å². The van der Waals surface area contributed by atoms with E-state index in [2.05, 4.69) is 20.0 Å². The van der Waals surface area contributed by atoms with Crippen LogP contribution in [0.15, 0.2) is 54.7 Å². The van der Waals surface area contributed by atoms with Crippen LogP contribution in [0.25, 0.3) is 10.8 Å². The average Bonchev–Trinajstić information content (AvgIpc) is 2.68. The summed E-state index contributed by atoms with van der Waals surface area (Å²) in [5.74, 6) is 0.867. The summed E-state index contributed by atoms with van der Waals surface area (Å²) in [5.41, 5.74) is 0.0906. The molecule has 1 saturated heterocycles. The fraction of sp³-hybridized carbons (Fsp3) is 0.300. The van der Waals surface area contributed by atoms with Gasteiger partial charge in [-0.05, 0) is 11.6 Å². The van der Waals surface area contributed by atoms with Crippen molar-refractivity contribution in [3.8, 4) is 0 Å².